The van der Waals surface area contributed by atoms with E-state index in [-0.39, 0.29) is 17.8 Å². The molecular formula is C20H23N7O. The predicted molar refractivity (Wildman–Crippen MR) is 109 cm³/mol. The summed E-state index contributed by atoms with van der Waals surface area (Å²) in [7, 11) is 1.59. The molecular weight excluding hydrogens is 354 g/mol. The van der Waals surface area contributed by atoms with Gasteiger partial charge in [0.1, 0.15) is 5.82 Å². The first kappa shape index (κ1) is 18.1. The molecule has 1 fully saturated rings. The smallest absolute Gasteiger partial charge is 0.288 e. The number of aromatic nitrogens is 4. The number of carbonyl (C=O) groups is 1. The standard InChI is InChI=1S/C20H23N7O/c1-12-13(2)24-18(20(28)21-3)26-19(12)27-10-7-14(11-27)25-16-6-9-23-17-15(16)5-4-8-22-17/h4-6,8-9,14H,7,10-11H2,1-3H3,(H,21,28)(H,22,23,25)/t14-/m1/s1. The fourth-order valence-corrected chi connectivity index (χ4v) is 3.53. The summed E-state index contributed by atoms with van der Waals surface area (Å²) in [4.78, 5) is 31.7. The zero-order valence-electron chi connectivity index (χ0n) is 16.2. The molecule has 0 radical (unpaired) electrons. The van der Waals surface area contributed by atoms with E-state index in [1.54, 1.807) is 19.4 Å². The Hall–Kier alpha value is -3.29. The van der Waals surface area contributed by atoms with Gasteiger partial charge in [0.05, 0.1) is 0 Å². The maximum Gasteiger partial charge on any atom is 0.288 e. The molecule has 1 atom stereocenters. The van der Waals surface area contributed by atoms with Crippen LogP contribution in [0, 0.1) is 13.8 Å². The normalized spacial score (nSPS) is 16.4. The highest BCUT2D eigenvalue weighted by Crippen LogP contribution is 2.27. The van der Waals surface area contributed by atoms with Crippen molar-refractivity contribution in [3.8, 4) is 0 Å². The van der Waals surface area contributed by atoms with Gasteiger partial charge in [0.15, 0.2) is 5.65 Å². The van der Waals surface area contributed by atoms with Crippen LogP contribution in [0.4, 0.5) is 11.5 Å². The first-order chi connectivity index (χ1) is 13.6. The Labute approximate surface area is 163 Å². The average molecular weight is 377 g/mol. The molecule has 144 valence electrons. The average Bonchev–Trinajstić information content (AvgIpc) is 3.18. The lowest BCUT2D eigenvalue weighted by molar-refractivity contribution is 0.0952. The third-order valence-electron chi connectivity index (χ3n) is 5.16. The first-order valence-corrected chi connectivity index (χ1v) is 9.35. The van der Waals surface area contributed by atoms with Gasteiger partial charge in [-0.2, -0.15) is 0 Å². The fourth-order valence-electron chi connectivity index (χ4n) is 3.53. The SMILES string of the molecule is CNC(=O)c1nc(C)c(C)c(N2CC[C@@H](Nc3ccnc4ncccc34)C2)n1. The molecule has 0 saturated carbocycles. The van der Waals surface area contributed by atoms with Crippen molar-refractivity contribution in [3.05, 3.63) is 47.7 Å². The number of carbonyl (C=O) groups excluding carboxylic acids is 1. The summed E-state index contributed by atoms with van der Waals surface area (Å²) in [6.07, 6.45) is 4.50. The highest BCUT2D eigenvalue weighted by molar-refractivity contribution is 5.91. The van der Waals surface area contributed by atoms with Crippen molar-refractivity contribution < 1.29 is 4.79 Å². The molecule has 8 heteroatoms. The van der Waals surface area contributed by atoms with E-state index < -0.39 is 0 Å². The van der Waals surface area contributed by atoms with Gasteiger partial charge in [-0.15, -0.1) is 0 Å². The highest BCUT2D eigenvalue weighted by Gasteiger charge is 2.26. The summed E-state index contributed by atoms with van der Waals surface area (Å²) in [6.45, 7) is 5.58. The Morgan fingerprint density at radius 1 is 1.18 bits per heavy atom. The van der Waals surface area contributed by atoms with Gasteiger partial charge in [-0.25, -0.2) is 19.9 Å². The molecule has 2 N–H and O–H groups in total. The maximum atomic E-state index is 12.0. The minimum absolute atomic E-state index is 0.211. The van der Waals surface area contributed by atoms with Crippen LogP contribution in [0.5, 0.6) is 0 Å². The largest absolute Gasteiger partial charge is 0.380 e. The maximum absolute atomic E-state index is 12.0. The van der Waals surface area contributed by atoms with Crippen LogP contribution in [0.2, 0.25) is 0 Å². The molecule has 0 spiro atoms. The second-order valence-corrected chi connectivity index (χ2v) is 6.97. The highest BCUT2D eigenvalue weighted by atomic mass is 16.2. The predicted octanol–water partition coefficient (Wildman–Crippen LogP) is 2.09. The summed E-state index contributed by atoms with van der Waals surface area (Å²) < 4.78 is 0. The lowest BCUT2D eigenvalue weighted by atomic mass is 10.2. The van der Waals surface area contributed by atoms with Crippen molar-refractivity contribution in [1.82, 2.24) is 25.3 Å². The number of fused-ring (bicyclic) bond motifs is 1. The Morgan fingerprint density at radius 3 is 2.82 bits per heavy atom. The van der Waals surface area contributed by atoms with Gasteiger partial charge < -0.3 is 15.5 Å². The van der Waals surface area contributed by atoms with Gasteiger partial charge in [0.25, 0.3) is 5.91 Å². The van der Waals surface area contributed by atoms with Crippen LogP contribution < -0.4 is 15.5 Å². The molecule has 8 nitrogen and oxygen atoms in total. The van der Waals surface area contributed by atoms with E-state index in [9.17, 15) is 4.79 Å². The minimum atomic E-state index is -0.269. The van der Waals surface area contributed by atoms with Crippen LogP contribution in [0.3, 0.4) is 0 Å². The topological polar surface area (TPSA) is 95.9 Å². The molecule has 4 rings (SSSR count). The number of pyridine rings is 2. The number of amides is 1. The Bertz CT molecular complexity index is 1030. The molecule has 4 heterocycles. The van der Waals surface area contributed by atoms with E-state index in [1.165, 1.54) is 0 Å². The number of hydrogen-bond acceptors (Lipinski definition) is 7. The lowest BCUT2D eigenvalue weighted by Gasteiger charge is -2.22. The van der Waals surface area contributed by atoms with Gasteiger partial charge in [0, 0.05) is 60.9 Å². The number of hydrogen-bond donors (Lipinski definition) is 2. The lowest BCUT2D eigenvalue weighted by Crippen LogP contribution is -2.29. The number of aryl methyl sites for hydroxylation is 1. The van der Waals surface area contributed by atoms with E-state index in [1.807, 2.05) is 32.0 Å². The van der Waals surface area contributed by atoms with Crippen LogP contribution in [-0.4, -0.2) is 52.0 Å². The minimum Gasteiger partial charge on any atom is -0.380 e. The van der Waals surface area contributed by atoms with E-state index in [0.29, 0.717) is 0 Å². The molecule has 3 aromatic heterocycles. The number of anilines is 2. The van der Waals surface area contributed by atoms with Gasteiger partial charge in [-0.05, 0) is 38.5 Å². The van der Waals surface area contributed by atoms with Crippen LogP contribution in [0.15, 0.2) is 30.6 Å². The molecule has 28 heavy (non-hydrogen) atoms. The van der Waals surface area contributed by atoms with Crippen LogP contribution in [0.1, 0.15) is 28.3 Å². The fraction of sp³-hybridized carbons (Fsp3) is 0.350. The summed E-state index contributed by atoms with van der Waals surface area (Å²) in [5.41, 5.74) is 3.60. The number of nitrogens with zero attached hydrogens (tertiary/aromatic N) is 5. The van der Waals surface area contributed by atoms with Gasteiger partial charge in [0.2, 0.25) is 5.82 Å². The van der Waals surface area contributed by atoms with E-state index >= 15 is 0 Å². The van der Waals surface area contributed by atoms with Crippen molar-refractivity contribution in [2.45, 2.75) is 26.3 Å². The molecule has 0 aromatic carbocycles. The molecule has 1 aliphatic rings. The second kappa shape index (κ2) is 7.38. The Kier molecular flexibility index (Phi) is 4.77. The summed E-state index contributed by atoms with van der Waals surface area (Å²) >= 11 is 0. The monoisotopic (exact) mass is 377 g/mol. The van der Waals surface area contributed by atoms with Crippen LogP contribution >= 0.6 is 0 Å². The quantitative estimate of drug-likeness (QED) is 0.719. The van der Waals surface area contributed by atoms with Crippen molar-refractivity contribution in [2.24, 2.45) is 0 Å². The van der Waals surface area contributed by atoms with Gasteiger partial charge in [-0.3, -0.25) is 4.79 Å². The third kappa shape index (κ3) is 3.33. The second-order valence-electron chi connectivity index (χ2n) is 6.97. The van der Waals surface area contributed by atoms with E-state index in [2.05, 4.69) is 35.5 Å². The molecule has 1 aliphatic heterocycles. The van der Waals surface area contributed by atoms with E-state index in [0.717, 1.165) is 53.3 Å². The number of nitrogens with one attached hydrogen (secondary N) is 2. The zero-order chi connectivity index (χ0) is 19.7. The summed E-state index contributed by atoms with van der Waals surface area (Å²) in [5, 5.41) is 7.23. The summed E-state index contributed by atoms with van der Waals surface area (Å²) in [6, 6.07) is 6.20. The van der Waals surface area contributed by atoms with Crippen molar-refractivity contribution in [1.29, 1.82) is 0 Å². The molecule has 1 amide bonds. The van der Waals surface area contributed by atoms with E-state index in [4.69, 9.17) is 0 Å². The molecule has 0 bridgehead atoms. The van der Waals surface area contributed by atoms with Crippen molar-refractivity contribution in [3.63, 3.8) is 0 Å². The number of rotatable bonds is 4. The molecule has 0 unspecified atom stereocenters. The third-order valence-corrected chi connectivity index (χ3v) is 5.16. The summed E-state index contributed by atoms with van der Waals surface area (Å²) in [5.74, 6) is 0.772. The van der Waals surface area contributed by atoms with Crippen LogP contribution in [-0.2, 0) is 0 Å². The molecule has 1 saturated heterocycles. The first-order valence-electron chi connectivity index (χ1n) is 9.35. The molecule has 0 aliphatic carbocycles. The van der Waals surface area contributed by atoms with Crippen molar-refractivity contribution in [2.75, 3.05) is 30.4 Å². The van der Waals surface area contributed by atoms with Gasteiger partial charge in [-0.1, -0.05) is 0 Å². The Balaban J connectivity index is 1.56. The van der Waals surface area contributed by atoms with Gasteiger partial charge >= 0.3 is 0 Å². The zero-order valence-corrected chi connectivity index (χ0v) is 16.2. The van der Waals surface area contributed by atoms with Crippen LogP contribution in [0.25, 0.3) is 11.0 Å². The Morgan fingerprint density at radius 2 is 2.00 bits per heavy atom. The van der Waals surface area contributed by atoms with Crippen molar-refractivity contribution >= 4 is 28.4 Å². The molecule has 3 aromatic rings.